The highest BCUT2D eigenvalue weighted by atomic mass is 16.5. The molecule has 2 rings (SSSR count). The van der Waals surface area contributed by atoms with E-state index in [1.807, 2.05) is 0 Å². The number of rotatable bonds is 2. The molecule has 1 aliphatic heterocycles. The Labute approximate surface area is 82.0 Å². The number of esters is 1. The molecule has 1 aromatic heterocycles. The highest BCUT2D eigenvalue weighted by Gasteiger charge is 2.16. The van der Waals surface area contributed by atoms with Crippen LogP contribution in [0, 0.1) is 0 Å². The first-order valence-corrected chi connectivity index (χ1v) is 4.80. The maximum absolute atomic E-state index is 11.3. The minimum absolute atomic E-state index is 0.351. The van der Waals surface area contributed by atoms with Gasteiger partial charge in [0.2, 0.25) is 0 Å². The van der Waals surface area contributed by atoms with Gasteiger partial charge in [0.1, 0.15) is 5.82 Å². The maximum Gasteiger partial charge on any atom is 0.358 e. The van der Waals surface area contributed by atoms with Crippen molar-refractivity contribution in [2.24, 2.45) is 0 Å². The minimum Gasteiger partial charge on any atom is -0.461 e. The highest BCUT2D eigenvalue weighted by molar-refractivity contribution is 5.87. The zero-order chi connectivity index (χ0) is 9.97. The predicted octanol–water partition coefficient (Wildman–Crippen LogP) is 0.550. The fraction of sp³-hybridized carbons (Fsp3) is 0.556. The summed E-state index contributed by atoms with van der Waals surface area (Å²) in [7, 11) is 0. The maximum atomic E-state index is 11.3. The number of imidazole rings is 1. The van der Waals surface area contributed by atoms with Gasteiger partial charge in [-0.05, 0) is 13.3 Å². The van der Waals surface area contributed by atoms with Gasteiger partial charge in [-0.1, -0.05) is 0 Å². The van der Waals surface area contributed by atoms with Crippen LogP contribution in [0.2, 0.25) is 0 Å². The summed E-state index contributed by atoms with van der Waals surface area (Å²) in [5.41, 5.74) is 3.51. The number of nitrogens with zero attached hydrogens (tertiary/aromatic N) is 2. The molecule has 0 atom stereocenters. The minimum atomic E-state index is -0.351. The molecule has 2 heterocycles. The van der Waals surface area contributed by atoms with E-state index >= 15 is 0 Å². The molecule has 0 fully saturated rings. The van der Waals surface area contributed by atoms with Crippen LogP contribution >= 0.6 is 0 Å². The van der Waals surface area contributed by atoms with Crippen LogP contribution in [0.4, 0.5) is 0 Å². The van der Waals surface area contributed by atoms with E-state index in [9.17, 15) is 4.79 Å². The van der Waals surface area contributed by atoms with E-state index in [0.29, 0.717) is 12.3 Å². The van der Waals surface area contributed by atoms with E-state index in [4.69, 9.17) is 4.74 Å². The molecule has 1 aromatic rings. The summed E-state index contributed by atoms with van der Waals surface area (Å²) in [5, 5.41) is 0. The lowest BCUT2D eigenvalue weighted by Gasteiger charge is -2.14. The molecular weight excluding hydrogens is 182 g/mol. The standard InChI is InChI=1S/C9H13N3O2/c1-2-14-9(13)7-6-12-8(11-7)4-3-5-10-12/h6,10H,2-5H2,1H3. The number of aromatic nitrogens is 2. The Bertz CT molecular complexity index is 322. The van der Waals surface area contributed by atoms with Crippen molar-refractivity contribution in [3.8, 4) is 0 Å². The predicted molar refractivity (Wildman–Crippen MR) is 50.7 cm³/mol. The molecule has 0 amide bonds. The van der Waals surface area contributed by atoms with E-state index in [2.05, 4.69) is 10.4 Å². The summed E-state index contributed by atoms with van der Waals surface area (Å²) < 4.78 is 6.66. The Kier molecular flexibility index (Phi) is 2.39. The fourth-order valence-corrected chi connectivity index (χ4v) is 1.48. The summed E-state index contributed by atoms with van der Waals surface area (Å²) in [5.74, 6) is 0.551. The van der Waals surface area contributed by atoms with Crippen molar-refractivity contribution in [1.29, 1.82) is 0 Å². The Balaban J connectivity index is 2.19. The van der Waals surface area contributed by atoms with Gasteiger partial charge < -0.3 is 10.2 Å². The van der Waals surface area contributed by atoms with Crippen LogP contribution in [0.1, 0.15) is 29.7 Å². The zero-order valence-electron chi connectivity index (χ0n) is 8.12. The summed E-state index contributed by atoms with van der Waals surface area (Å²) in [6.07, 6.45) is 3.65. The van der Waals surface area contributed by atoms with Crippen molar-refractivity contribution in [3.05, 3.63) is 17.7 Å². The molecule has 0 aromatic carbocycles. The molecule has 76 valence electrons. The third-order valence-corrected chi connectivity index (χ3v) is 2.12. The smallest absolute Gasteiger partial charge is 0.358 e. The molecule has 0 saturated heterocycles. The molecule has 14 heavy (non-hydrogen) atoms. The molecule has 0 aliphatic carbocycles. The quantitative estimate of drug-likeness (QED) is 0.700. The number of nitrogens with one attached hydrogen (secondary N) is 1. The zero-order valence-corrected chi connectivity index (χ0v) is 8.12. The second-order valence-electron chi connectivity index (χ2n) is 3.14. The third-order valence-electron chi connectivity index (χ3n) is 2.12. The monoisotopic (exact) mass is 195 g/mol. The molecule has 0 saturated carbocycles. The fourth-order valence-electron chi connectivity index (χ4n) is 1.48. The van der Waals surface area contributed by atoms with E-state index < -0.39 is 0 Å². The number of carbonyl (C=O) groups is 1. The molecule has 0 radical (unpaired) electrons. The molecule has 5 nitrogen and oxygen atoms in total. The van der Waals surface area contributed by atoms with Crippen LogP contribution in [-0.4, -0.2) is 28.8 Å². The lowest BCUT2D eigenvalue weighted by atomic mass is 10.3. The first-order chi connectivity index (χ1) is 6.81. The Morgan fingerprint density at radius 1 is 1.79 bits per heavy atom. The van der Waals surface area contributed by atoms with Gasteiger partial charge in [0.25, 0.3) is 0 Å². The summed E-state index contributed by atoms with van der Waals surface area (Å²) >= 11 is 0. The molecule has 5 heteroatoms. The number of carbonyl (C=O) groups excluding carboxylic acids is 1. The number of fused-ring (bicyclic) bond motifs is 1. The van der Waals surface area contributed by atoms with Crippen molar-refractivity contribution in [2.45, 2.75) is 19.8 Å². The molecule has 1 N–H and O–H groups in total. The van der Waals surface area contributed by atoms with Gasteiger partial charge in [-0.3, -0.25) is 4.68 Å². The number of aryl methyl sites for hydroxylation is 1. The highest BCUT2D eigenvalue weighted by Crippen LogP contribution is 2.09. The van der Waals surface area contributed by atoms with Crippen LogP contribution in [-0.2, 0) is 11.2 Å². The van der Waals surface area contributed by atoms with Crippen molar-refractivity contribution < 1.29 is 9.53 Å². The average Bonchev–Trinajstić information content (AvgIpc) is 2.61. The Morgan fingerprint density at radius 2 is 2.64 bits per heavy atom. The van der Waals surface area contributed by atoms with Crippen LogP contribution in [0.3, 0.4) is 0 Å². The van der Waals surface area contributed by atoms with Crippen LogP contribution in [0.15, 0.2) is 6.20 Å². The molecular formula is C9H13N3O2. The van der Waals surface area contributed by atoms with Crippen LogP contribution < -0.4 is 5.43 Å². The van der Waals surface area contributed by atoms with E-state index in [1.165, 1.54) is 0 Å². The molecule has 0 spiro atoms. The number of hydrogen-bond donors (Lipinski definition) is 1. The lowest BCUT2D eigenvalue weighted by Crippen LogP contribution is -2.23. The third kappa shape index (κ3) is 1.57. The molecule has 0 unspecified atom stereocenters. The second kappa shape index (κ2) is 3.69. The van der Waals surface area contributed by atoms with Crippen molar-refractivity contribution >= 4 is 5.97 Å². The first-order valence-electron chi connectivity index (χ1n) is 4.80. The SMILES string of the molecule is CCOC(=O)c1cn2c(n1)CCCN2. The van der Waals surface area contributed by atoms with Crippen LogP contribution in [0.5, 0.6) is 0 Å². The Morgan fingerprint density at radius 3 is 3.36 bits per heavy atom. The van der Waals surface area contributed by atoms with Gasteiger partial charge in [0.15, 0.2) is 5.69 Å². The van der Waals surface area contributed by atoms with Crippen molar-refractivity contribution in [2.75, 3.05) is 18.6 Å². The lowest BCUT2D eigenvalue weighted by molar-refractivity contribution is 0.0520. The molecule has 1 aliphatic rings. The van der Waals surface area contributed by atoms with Gasteiger partial charge in [0, 0.05) is 13.0 Å². The number of hydrogen-bond acceptors (Lipinski definition) is 4. The summed E-state index contributed by atoms with van der Waals surface area (Å²) in [4.78, 5) is 15.5. The average molecular weight is 195 g/mol. The summed E-state index contributed by atoms with van der Waals surface area (Å²) in [6, 6.07) is 0. The van der Waals surface area contributed by atoms with Gasteiger partial charge in [-0.15, -0.1) is 0 Å². The van der Waals surface area contributed by atoms with Gasteiger partial charge in [-0.25, -0.2) is 9.78 Å². The van der Waals surface area contributed by atoms with Crippen molar-refractivity contribution in [3.63, 3.8) is 0 Å². The molecule has 0 bridgehead atoms. The topological polar surface area (TPSA) is 56.2 Å². The van der Waals surface area contributed by atoms with E-state index in [-0.39, 0.29) is 5.97 Å². The first kappa shape index (κ1) is 9.05. The van der Waals surface area contributed by atoms with Gasteiger partial charge in [0.05, 0.1) is 12.8 Å². The summed E-state index contributed by atoms with van der Waals surface area (Å²) in [6.45, 7) is 3.09. The van der Waals surface area contributed by atoms with E-state index in [1.54, 1.807) is 17.8 Å². The van der Waals surface area contributed by atoms with Gasteiger partial charge >= 0.3 is 5.97 Å². The van der Waals surface area contributed by atoms with Crippen molar-refractivity contribution in [1.82, 2.24) is 9.66 Å². The number of ether oxygens (including phenoxy) is 1. The normalized spacial score (nSPS) is 14.4. The van der Waals surface area contributed by atoms with Crippen LogP contribution in [0.25, 0.3) is 0 Å². The van der Waals surface area contributed by atoms with E-state index in [0.717, 1.165) is 25.2 Å². The second-order valence-corrected chi connectivity index (χ2v) is 3.14. The Hall–Kier alpha value is -1.52. The van der Waals surface area contributed by atoms with Gasteiger partial charge in [-0.2, -0.15) is 0 Å². The largest absolute Gasteiger partial charge is 0.461 e.